The molecule has 0 aromatic heterocycles. The first-order valence-electron chi connectivity index (χ1n) is 10.7. The molecule has 2 aromatic rings. The van der Waals surface area contributed by atoms with E-state index >= 15 is 0 Å². The van der Waals surface area contributed by atoms with E-state index < -0.39 is 0 Å². The molecule has 0 saturated carbocycles. The minimum Gasteiger partial charge on any atom is -0.354 e. The molecule has 5 nitrogen and oxygen atoms in total. The molecule has 5 heteroatoms. The summed E-state index contributed by atoms with van der Waals surface area (Å²) in [4.78, 5) is 29.2. The van der Waals surface area contributed by atoms with Crippen LogP contribution in [0.25, 0.3) is 6.08 Å². The molecule has 2 atom stereocenters. The van der Waals surface area contributed by atoms with Gasteiger partial charge in [-0.1, -0.05) is 54.6 Å². The van der Waals surface area contributed by atoms with Gasteiger partial charge in [0.05, 0.1) is 18.5 Å². The lowest BCUT2D eigenvalue weighted by Gasteiger charge is -2.33. The summed E-state index contributed by atoms with van der Waals surface area (Å²) in [5.41, 5.74) is 3.31. The fraction of sp³-hybridized carbons (Fsp3) is 0.360. The first-order chi connectivity index (χ1) is 14.6. The zero-order chi connectivity index (χ0) is 20.9. The van der Waals surface area contributed by atoms with Gasteiger partial charge in [-0.2, -0.15) is 0 Å². The Bertz CT molecular complexity index is 919. The minimum absolute atomic E-state index is 0.0310. The van der Waals surface area contributed by atoms with E-state index in [1.54, 1.807) is 18.0 Å². The van der Waals surface area contributed by atoms with E-state index in [1.807, 2.05) is 36.4 Å². The summed E-state index contributed by atoms with van der Waals surface area (Å²) in [6.07, 6.45) is 6.39. The Morgan fingerprint density at radius 2 is 1.73 bits per heavy atom. The lowest BCUT2D eigenvalue weighted by Crippen LogP contribution is -2.39. The number of carbonyl (C=O) groups excluding carboxylic acids is 2. The van der Waals surface area contributed by atoms with Crippen molar-refractivity contribution in [3.8, 4) is 0 Å². The Morgan fingerprint density at radius 3 is 2.47 bits per heavy atom. The second kappa shape index (κ2) is 9.26. The normalized spacial score (nSPS) is 19.4. The number of benzene rings is 2. The number of carbonyl (C=O) groups is 2. The van der Waals surface area contributed by atoms with Crippen molar-refractivity contribution in [3.63, 3.8) is 0 Å². The highest BCUT2D eigenvalue weighted by atomic mass is 16.2. The highest BCUT2D eigenvalue weighted by Gasteiger charge is 2.29. The van der Waals surface area contributed by atoms with Gasteiger partial charge in [0.1, 0.15) is 0 Å². The van der Waals surface area contributed by atoms with Crippen LogP contribution in [0.2, 0.25) is 0 Å². The first kappa shape index (κ1) is 20.4. The third-order valence-corrected chi connectivity index (χ3v) is 6.11. The van der Waals surface area contributed by atoms with Crippen molar-refractivity contribution < 1.29 is 9.59 Å². The number of nitrogens with zero attached hydrogens (tertiary/aromatic N) is 2. The van der Waals surface area contributed by atoms with Crippen molar-refractivity contribution in [2.75, 3.05) is 19.6 Å². The second-order valence-corrected chi connectivity index (χ2v) is 8.06. The van der Waals surface area contributed by atoms with Crippen LogP contribution in [0.1, 0.15) is 55.0 Å². The molecule has 1 saturated heterocycles. The summed E-state index contributed by atoms with van der Waals surface area (Å²) < 4.78 is 0. The molecular weight excluding hydrogens is 374 g/mol. The van der Waals surface area contributed by atoms with Gasteiger partial charge in [0.25, 0.3) is 0 Å². The maximum absolute atomic E-state index is 12.9. The molecule has 30 heavy (non-hydrogen) atoms. The zero-order valence-corrected chi connectivity index (χ0v) is 17.5. The Hall–Kier alpha value is -2.92. The Kier molecular flexibility index (Phi) is 6.29. The monoisotopic (exact) mass is 403 g/mol. The summed E-state index contributed by atoms with van der Waals surface area (Å²) in [6, 6.07) is 18.3. The van der Waals surface area contributed by atoms with Gasteiger partial charge in [-0.25, -0.2) is 0 Å². The van der Waals surface area contributed by atoms with Crippen LogP contribution in [0.4, 0.5) is 0 Å². The van der Waals surface area contributed by atoms with Crippen molar-refractivity contribution in [3.05, 3.63) is 77.5 Å². The molecule has 0 bridgehead atoms. The fourth-order valence-corrected chi connectivity index (χ4v) is 4.56. The maximum atomic E-state index is 12.9. The van der Waals surface area contributed by atoms with E-state index in [1.165, 1.54) is 18.4 Å². The predicted octanol–water partition coefficient (Wildman–Crippen LogP) is 3.90. The van der Waals surface area contributed by atoms with E-state index in [4.69, 9.17) is 0 Å². The van der Waals surface area contributed by atoms with Crippen molar-refractivity contribution in [2.24, 2.45) is 0 Å². The maximum Gasteiger partial charge on any atom is 0.223 e. The van der Waals surface area contributed by atoms with Gasteiger partial charge in [-0.05, 0) is 48.7 Å². The van der Waals surface area contributed by atoms with E-state index in [2.05, 4.69) is 34.5 Å². The SMILES string of the molecule is CC(=O)N1C=Cc2ccccc2[C@@H]1CC(=O)NC[C@@H](c1ccccc1)N1CCCC1. The van der Waals surface area contributed by atoms with Crippen molar-refractivity contribution >= 4 is 17.9 Å². The molecule has 4 rings (SSSR count). The van der Waals surface area contributed by atoms with Gasteiger partial charge in [0.15, 0.2) is 0 Å². The quantitative estimate of drug-likeness (QED) is 0.796. The number of fused-ring (bicyclic) bond motifs is 1. The van der Waals surface area contributed by atoms with Crippen molar-refractivity contribution in [2.45, 2.75) is 38.3 Å². The van der Waals surface area contributed by atoms with E-state index in [-0.39, 0.29) is 30.3 Å². The van der Waals surface area contributed by atoms with Crippen LogP contribution in [0, 0.1) is 0 Å². The molecule has 0 radical (unpaired) electrons. The standard InChI is InChI=1S/C25H29N3O2/c1-19(29)28-16-13-20-9-5-6-12-22(20)23(28)17-25(30)26-18-24(27-14-7-8-15-27)21-10-3-2-4-11-21/h2-6,9-13,16,23-24H,7-8,14-15,17-18H2,1H3,(H,26,30)/t23-,24-/m0/s1. The Balaban J connectivity index is 1.46. The largest absolute Gasteiger partial charge is 0.354 e. The van der Waals surface area contributed by atoms with E-state index in [0.717, 1.165) is 24.2 Å². The van der Waals surface area contributed by atoms with E-state index in [0.29, 0.717) is 6.54 Å². The number of likely N-dealkylation sites (tertiary alicyclic amines) is 1. The first-order valence-corrected chi connectivity index (χ1v) is 10.7. The van der Waals surface area contributed by atoms with Gasteiger partial charge in [0, 0.05) is 19.7 Å². The van der Waals surface area contributed by atoms with Crippen LogP contribution in [0.15, 0.2) is 60.8 Å². The molecular formula is C25H29N3O2. The molecule has 1 N–H and O–H groups in total. The second-order valence-electron chi connectivity index (χ2n) is 8.06. The van der Waals surface area contributed by atoms with Crippen molar-refractivity contribution in [1.29, 1.82) is 0 Å². The summed E-state index contributed by atoms with van der Waals surface area (Å²) in [6.45, 7) is 4.25. The molecule has 2 amide bonds. The molecule has 1 fully saturated rings. The molecule has 2 aliphatic rings. The smallest absolute Gasteiger partial charge is 0.223 e. The number of amides is 2. The van der Waals surface area contributed by atoms with E-state index in [9.17, 15) is 9.59 Å². The van der Waals surface area contributed by atoms with Crippen LogP contribution in [-0.4, -0.2) is 41.2 Å². The van der Waals surface area contributed by atoms with Gasteiger partial charge in [-0.15, -0.1) is 0 Å². The Morgan fingerprint density at radius 1 is 1.03 bits per heavy atom. The van der Waals surface area contributed by atoms with Gasteiger partial charge in [-0.3, -0.25) is 14.5 Å². The lowest BCUT2D eigenvalue weighted by atomic mass is 9.93. The molecule has 2 heterocycles. The van der Waals surface area contributed by atoms with Gasteiger partial charge >= 0.3 is 0 Å². The van der Waals surface area contributed by atoms with Crippen LogP contribution >= 0.6 is 0 Å². The van der Waals surface area contributed by atoms with Crippen LogP contribution in [0.3, 0.4) is 0 Å². The predicted molar refractivity (Wildman–Crippen MR) is 118 cm³/mol. The number of nitrogens with one attached hydrogen (secondary N) is 1. The molecule has 0 spiro atoms. The van der Waals surface area contributed by atoms with Gasteiger partial charge < -0.3 is 10.2 Å². The van der Waals surface area contributed by atoms with Crippen LogP contribution in [-0.2, 0) is 9.59 Å². The topological polar surface area (TPSA) is 52.7 Å². The minimum atomic E-state index is -0.273. The third kappa shape index (κ3) is 4.46. The van der Waals surface area contributed by atoms with Gasteiger partial charge in [0.2, 0.25) is 11.8 Å². The molecule has 0 aliphatic carbocycles. The number of hydrogen-bond acceptors (Lipinski definition) is 3. The zero-order valence-electron chi connectivity index (χ0n) is 17.5. The molecule has 2 aromatic carbocycles. The summed E-state index contributed by atoms with van der Waals surface area (Å²) >= 11 is 0. The number of hydrogen-bond donors (Lipinski definition) is 1. The molecule has 2 aliphatic heterocycles. The summed E-state index contributed by atoms with van der Waals surface area (Å²) in [5.74, 6) is -0.0886. The average molecular weight is 404 g/mol. The number of rotatable bonds is 6. The highest BCUT2D eigenvalue weighted by Crippen LogP contribution is 2.33. The summed E-state index contributed by atoms with van der Waals surface area (Å²) in [7, 11) is 0. The fourth-order valence-electron chi connectivity index (χ4n) is 4.56. The van der Waals surface area contributed by atoms with Crippen LogP contribution < -0.4 is 5.32 Å². The lowest BCUT2D eigenvalue weighted by molar-refractivity contribution is -0.130. The average Bonchev–Trinajstić information content (AvgIpc) is 3.29. The molecule has 156 valence electrons. The highest BCUT2D eigenvalue weighted by molar-refractivity contribution is 5.81. The van der Waals surface area contributed by atoms with Crippen LogP contribution in [0.5, 0.6) is 0 Å². The summed E-state index contributed by atoms with van der Waals surface area (Å²) in [5, 5.41) is 3.15. The molecule has 0 unspecified atom stereocenters. The third-order valence-electron chi connectivity index (χ3n) is 6.11. The Labute approximate surface area is 178 Å². The van der Waals surface area contributed by atoms with Crippen molar-refractivity contribution in [1.82, 2.24) is 15.1 Å².